The molecular weight excluding hydrogens is 350 g/mol. The zero-order valence-corrected chi connectivity index (χ0v) is 15.9. The Bertz CT molecular complexity index is 668. The normalized spacial score (nSPS) is 11.4. The first-order valence-corrected chi connectivity index (χ1v) is 8.99. The maximum absolute atomic E-state index is 12.0. The Balaban J connectivity index is 2.46. The molecule has 0 spiro atoms. The largest absolute Gasteiger partial charge is 0.480 e. The van der Waals surface area contributed by atoms with Gasteiger partial charge in [-0.2, -0.15) is 0 Å². The fraction of sp³-hybridized carbons (Fsp3) is 0.474. The van der Waals surface area contributed by atoms with Crippen LogP contribution in [0.5, 0.6) is 0 Å². The molecule has 148 valence electrons. The smallest absolute Gasteiger partial charge is 0.325 e. The average molecular weight is 377 g/mol. The predicted octanol–water partition coefficient (Wildman–Crippen LogP) is 1.87. The second-order valence-electron chi connectivity index (χ2n) is 6.08. The highest BCUT2D eigenvalue weighted by molar-refractivity contribution is 5.97. The summed E-state index contributed by atoms with van der Waals surface area (Å²) in [6, 6.07) is 5.15. The van der Waals surface area contributed by atoms with E-state index in [4.69, 9.17) is 5.11 Å². The molecule has 0 aliphatic heterocycles. The van der Waals surface area contributed by atoms with Crippen molar-refractivity contribution >= 4 is 29.4 Å². The number of benzene rings is 1. The monoisotopic (exact) mass is 377 g/mol. The van der Waals surface area contributed by atoms with Crippen LogP contribution in [0.15, 0.2) is 24.3 Å². The van der Waals surface area contributed by atoms with E-state index in [-0.39, 0.29) is 18.2 Å². The topological polar surface area (TPSA) is 116 Å². The Labute approximate surface area is 158 Å². The van der Waals surface area contributed by atoms with Crippen LogP contribution in [0, 0.1) is 0 Å². The first-order chi connectivity index (χ1) is 12.8. The maximum atomic E-state index is 12.0. The van der Waals surface area contributed by atoms with E-state index in [0.717, 1.165) is 0 Å². The number of carboxylic acid groups (broad SMARTS) is 1. The molecule has 8 heteroatoms. The number of amides is 3. The maximum Gasteiger partial charge on any atom is 0.325 e. The molecule has 0 aliphatic rings. The lowest BCUT2D eigenvalue weighted by molar-refractivity contribution is -0.138. The highest BCUT2D eigenvalue weighted by Gasteiger charge is 2.15. The number of nitrogens with zero attached hydrogens (tertiary/aromatic N) is 1. The van der Waals surface area contributed by atoms with Gasteiger partial charge >= 0.3 is 5.97 Å². The lowest BCUT2D eigenvalue weighted by Gasteiger charge is -2.18. The third kappa shape index (κ3) is 7.47. The van der Waals surface area contributed by atoms with Crippen molar-refractivity contribution in [2.24, 2.45) is 0 Å². The third-order valence-corrected chi connectivity index (χ3v) is 4.06. The lowest BCUT2D eigenvalue weighted by Crippen LogP contribution is -2.38. The zero-order chi connectivity index (χ0) is 20.4. The summed E-state index contributed by atoms with van der Waals surface area (Å²) in [5, 5.41) is 13.9. The Hall–Kier alpha value is -2.90. The van der Waals surface area contributed by atoms with E-state index in [1.807, 2.05) is 13.8 Å². The van der Waals surface area contributed by atoms with Gasteiger partial charge in [0.2, 0.25) is 11.8 Å². The molecule has 0 aliphatic carbocycles. The van der Waals surface area contributed by atoms with Crippen molar-refractivity contribution in [3.8, 4) is 0 Å². The van der Waals surface area contributed by atoms with Crippen LogP contribution in [0.4, 0.5) is 5.69 Å². The molecule has 0 saturated carbocycles. The van der Waals surface area contributed by atoms with E-state index < -0.39 is 17.9 Å². The highest BCUT2D eigenvalue weighted by atomic mass is 16.4. The summed E-state index contributed by atoms with van der Waals surface area (Å²) in [5.41, 5.74) is 0.823. The van der Waals surface area contributed by atoms with Gasteiger partial charge in [-0.05, 0) is 51.5 Å². The van der Waals surface area contributed by atoms with Gasteiger partial charge in [0.15, 0.2) is 0 Å². The standard InChI is InChI=1S/C19H27N3O5/c1-4-22(5-2)17(24)8-6-7-16(23)21-15-11-9-14(10-12-15)18(25)20-13(3)19(26)27/h9-13H,4-8H2,1-3H3,(H,20,25)(H,21,23)(H,26,27). The minimum Gasteiger partial charge on any atom is -0.480 e. The van der Waals surface area contributed by atoms with Gasteiger partial charge in [-0.15, -0.1) is 0 Å². The molecular formula is C19H27N3O5. The Morgan fingerprint density at radius 2 is 1.63 bits per heavy atom. The molecule has 0 heterocycles. The summed E-state index contributed by atoms with van der Waals surface area (Å²) in [7, 11) is 0. The molecule has 1 rings (SSSR count). The van der Waals surface area contributed by atoms with Crippen molar-refractivity contribution in [3.63, 3.8) is 0 Å². The quantitative estimate of drug-likeness (QED) is 0.576. The Morgan fingerprint density at radius 1 is 1.04 bits per heavy atom. The summed E-state index contributed by atoms with van der Waals surface area (Å²) < 4.78 is 0. The highest BCUT2D eigenvalue weighted by Crippen LogP contribution is 2.11. The molecule has 1 aromatic rings. The van der Waals surface area contributed by atoms with Crippen LogP contribution in [-0.2, 0) is 14.4 Å². The first-order valence-electron chi connectivity index (χ1n) is 8.99. The number of nitrogens with one attached hydrogen (secondary N) is 2. The first kappa shape index (κ1) is 22.1. The fourth-order valence-electron chi connectivity index (χ4n) is 2.40. The molecule has 8 nitrogen and oxygen atoms in total. The number of hydrogen-bond donors (Lipinski definition) is 3. The molecule has 1 unspecified atom stereocenters. The summed E-state index contributed by atoms with van der Waals surface area (Å²) in [4.78, 5) is 48.2. The van der Waals surface area contributed by atoms with Gasteiger partial charge in [-0.25, -0.2) is 0 Å². The van der Waals surface area contributed by atoms with Gasteiger partial charge in [0, 0.05) is 37.2 Å². The van der Waals surface area contributed by atoms with Crippen molar-refractivity contribution in [1.82, 2.24) is 10.2 Å². The number of carboxylic acids is 1. The fourth-order valence-corrected chi connectivity index (χ4v) is 2.40. The van der Waals surface area contributed by atoms with Gasteiger partial charge in [-0.3, -0.25) is 19.2 Å². The Morgan fingerprint density at radius 3 is 2.15 bits per heavy atom. The van der Waals surface area contributed by atoms with E-state index in [1.54, 1.807) is 17.0 Å². The van der Waals surface area contributed by atoms with Crippen molar-refractivity contribution in [1.29, 1.82) is 0 Å². The predicted molar refractivity (Wildman–Crippen MR) is 101 cm³/mol. The minimum atomic E-state index is -1.12. The van der Waals surface area contributed by atoms with E-state index >= 15 is 0 Å². The van der Waals surface area contributed by atoms with E-state index in [2.05, 4.69) is 10.6 Å². The zero-order valence-electron chi connectivity index (χ0n) is 15.9. The van der Waals surface area contributed by atoms with Crippen LogP contribution in [0.3, 0.4) is 0 Å². The molecule has 3 N–H and O–H groups in total. The second kappa shape index (κ2) is 10.9. The molecule has 0 aromatic heterocycles. The van der Waals surface area contributed by atoms with Crippen LogP contribution in [-0.4, -0.2) is 52.8 Å². The van der Waals surface area contributed by atoms with Crippen molar-refractivity contribution in [2.45, 2.75) is 46.1 Å². The van der Waals surface area contributed by atoms with Gasteiger partial charge in [0.05, 0.1) is 0 Å². The SMILES string of the molecule is CCN(CC)C(=O)CCCC(=O)Nc1ccc(C(=O)NC(C)C(=O)O)cc1. The number of hydrogen-bond acceptors (Lipinski definition) is 4. The molecule has 0 bridgehead atoms. The second-order valence-corrected chi connectivity index (χ2v) is 6.08. The summed E-state index contributed by atoms with van der Waals surface area (Å²) in [5.74, 6) is -1.79. The van der Waals surface area contributed by atoms with Crippen LogP contribution in [0.25, 0.3) is 0 Å². The van der Waals surface area contributed by atoms with E-state index in [1.165, 1.54) is 19.1 Å². The van der Waals surface area contributed by atoms with Crippen molar-refractivity contribution < 1.29 is 24.3 Å². The number of aliphatic carboxylic acids is 1. The van der Waals surface area contributed by atoms with E-state index in [0.29, 0.717) is 37.2 Å². The lowest BCUT2D eigenvalue weighted by atomic mass is 10.1. The number of rotatable bonds is 10. The molecule has 0 radical (unpaired) electrons. The van der Waals surface area contributed by atoms with Crippen LogP contribution < -0.4 is 10.6 Å². The third-order valence-electron chi connectivity index (χ3n) is 4.06. The van der Waals surface area contributed by atoms with Crippen LogP contribution in [0.2, 0.25) is 0 Å². The van der Waals surface area contributed by atoms with Crippen molar-refractivity contribution in [3.05, 3.63) is 29.8 Å². The summed E-state index contributed by atoms with van der Waals surface area (Å²) in [6.07, 6.45) is 1.02. The van der Waals surface area contributed by atoms with Gasteiger partial charge < -0.3 is 20.6 Å². The summed E-state index contributed by atoms with van der Waals surface area (Å²) >= 11 is 0. The number of carbonyl (C=O) groups is 4. The summed E-state index contributed by atoms with van der Waals surface area (Å²) in [6.45, 7) is 6.53. The van der Waals surface area contributed by atoms with E-state index in [9.17, 15) is 19.2 Å². The molecule has 0 fully saturated rings. The van der Waals surface area contributed by atoms with Crippen LogP contribution >= 0.6 is 0 Å². The molecule has 1 aromatic carbocycles. The number of carbonyl (C=O) groups excluding carboxylic acids is 3. The van der Waals surface area contributed by atoms with Crippen LogP contribution in [0.1, 0.15) is 50.4 Å². The molecule has 1 atom stereocenters. The molecule has 27 heavy (non-hydrogen) atoms. The Kier molecular flexibility index (Phi) is 8.98. The van der Waals surface area contributed by atoms with Gasteiger partial charge in [-0.1, -0.05) is 0 Å². The number of anilines is 1. The molecule has 0 saturated heterocycles. The minimum absolute atomic E-state index is 0.0405. The van der Waals surface area contributed by atoms with Gasteiger partial charge in [0.25, 0.3) is 5.91 Å². The van der Waals surface area contributed by atoms with Crippen molar-refractivity contribution in [2.75, 3.05) is 18.4 Å². The average Bonchev–Trinajstić information content (AvgIpc) is 2.63. The molecule has 3 amide bonds. The van der Waals surface area contributed by atoms with Gasteiger partial charge in [0.1, 0.15) is 6.04 Å².